The first-order valence-corrected chi connectivity index (χ1v) is 9.67. The van der Waals surface area contributed by atoms with E-state index in [0.717, 1.165) is 23.1 Å². The summed E-state index contributed by atoms with van der Waals surface area (Å²) in [5.74, 6) is 0.0542. The number of carbonyl (C=O) groups excluding carboxylic acids is 1. The quantitative estimate of drug-likeness (QED) is 0.342. The van der Waals surface area contributed by atoms with Crippen LogP contribution in [0, 0.1) is 6.92 Å². The lowest BCUT2D eigenvalue weighted by atomic mass is 9.92. The zero-order chi connectivity index (χ0) is 20.1. The SMILES string of the molecule is C=C(/C=C(/C(C)=O)c1ccccc1CC)c1ccc(-c2ccccc2C)cc1. The van der Waals surface area contributed by atoms with Crippen LogP contribution in [-0.2, 0) is 11.2 Å². The first kappa shape index (κ1) is 19.6. The van der Waals surface area contributed by atoms with Crippen molar-refractivity contribution in [3.05, 3.63) is 108 Å². The number of rotatable bonds is 6. The van der Waals surface area contributed by atoms with Crippen LogP contribution in [0.5, 0.6) is 0 Å². The third-order valence-electron chi connectivity index (χ3n) is 5.10. The standard InChI is InChI=1S/C27H26O/c1-5-22-11-7-9-13-26(22)27(21(4)28)18-20(3)23-14-16-24(17-15-23)25-12-8-6-10-19(25)2/h6-18H,3,5H2,1-2,4H3/b27-18-. The molecule has 140 valence electrons. The zero-order valence-corrected chi connectivity index (χ0v) is 16.8. The molecule has 0 saturated heterocycles. The Morgan fingerprint density at radius 3 is 2.21 bits per heavy atom. The van der Waals surface area contributed by atoms with E-state index in [9.17, 15) is 4.79 Å². The Balaban J connectivity index is 1.94. The van der Waals surface area contributed by atoms with Gasteiger partial charge in [-0.05, 0) is 65.3 Å². The van der Waals surface area contributed by atoms with Crippen LogP contribution in [0.3, 0.4) is 0 Å². The smallest absolute Gasteiger partial charge is 0.160 e. The van der Waals surface area contributed by atoms with Crippen LogP contribution >= 0.6 is 0 Å². The number of aryl methyl sites for hydroxylation is 2. The van der Waals surface area contributed by atoms with Crippen molar-refractivity contribution in [1.82, 2.24) is 0 Å². The lowest BCUT2D eigenvalue weighted by Crippen LogP contribution is -2.00. The van der Waals surface area contributed by atoms with E-state index in [4.69, 9.17) is 0 Å². The van der Waals surface area contributed by atoms with E-state index in [-0.39, 0.29) is 5.78 Å². The molecule has 0 spiro atoms. The van der Waals surface area contributed by atoms with Gasteiger partial charge in [0.2, 0.25) is 0 Å². The van der Waals surface area contributed by atoms with Crippen molar-refractivity contribution in [2.24, 2.45) is 0 Å². The second kappa shape index (κ2) is 8.67. The molecule has 0 aliphatic carbocycles. The molecular formula is C27H26O. The number of Topliss-reactive ketones (excluding diaryl/α,β-unsaturated/α-hetero) is 1. The van der Waals surface area contributed by atoms with E-state index in [0.29, 0.717) is 5.57 Å². The van der Waals surface area contributed by atoms with Crippen LogP contribution < -0.4 is 0 Å². The van der Waals surface area contributed by atoms with Gasteiger partial charge in [-0.15, -0.1) is 0 Å². The molecule has 1 nitrogen and oxygen atoms in total. The van der Waals surface area contributed by atoms with Crippen LogP contribution in [0.1, 0.15) is 36.1 Å². The van der Waals surface area contributed by atoms with Gasteiger partial charge in [0.1, 0.15) is 0 Å². The van der Waals surface area contributed by atoms with Crippen LogP contribution in [0.2, 0.25) is 0 Å². The second-order valence-corrected chi connectivity index (χ2v) is 7.04. The Morgan fingerprint density at radius 1 is 0.929 bits per heavy atom. The van der Waals surface area contributed by atoms with Gasteiger partial charge in [-0.2, -0.15) is 0 Å². The monoisotopic (exact) mass is 366 g/mol. The summed E-state index contributed by atoms with van der Waals surface area (Å²) in [4.78, 5) is 12.3. The number of allylic oxidation sites excluding steroid dienone is 3. The van der Waals surface area contributed by atoms with Gasteiger partial charge in [-0.1, -0.05) is 86.3 Å². The zero-order valence-electron chi connectivity index (χ0n) is 16.8. The summed E-state index contributed by atoms with van der Waals surface area (Å²) < 4.78 is 0. The molecule has 3 aromatic rings. The van der Waals surface area contributed by atoms with Crippen LogP contribution in [-0.4, -0.2) is 5.78 Å². The molecule has 0 fully saturated rings. The third-order valence-corrected chi connectivity index (χ3v) is 5.10. The third kappa shape index (κ3) is 4.20. The lowest BCUT2D eigenvalue weighted by molar-refractivity contribution is -0.111. The normalized spacial score (nSPS) is 11.3. The van der Waals surface area contributed by atoms with E-state index in [1.165, 1.54) is 22.3 Å². The fraction of sp³-hybridized carbons (Fsp3) is 0.148. The molecule has 3 rings (SSSR count). The Kier molecular flexibility index (Phi) is 6.06. The fourth-order valence-corrected chi connectivity index (χ4v) is 3.48. The van der Waals surface area contributed by atoms with Gasteiger partial charge in [-0.3, -0.25) is 4.79 Å². The van der Waals surface area contributed by atoms with Crippen molar-refractivity contribution < 1.29 is 4.79 Å². The molecule has 0 aliphatic heterocycles. The molecule has 0 aromatic heterocycles. The maximum absolute atomic E-state index is 12.3. The Labute approximate surface area is 168 Å². The van der Waals surface area contributed by atoms with Gasteiger partial charge in [0.25, 0.3) is 0 Å². The molecule has 28 heavy (non-hydrogen) atoms. The van der Waals surface area contributed by atoms with Crippen LogP contribution in [0.15, 0.2) is 85.5 Å². The summed E-state index contributed by atoms with van der Waals surface area (Å²) in [6.45, 7) is 10.1. The maximum Gasteiger partial charge on any atom is 0.160 e. The van der Waals surface area contributed by atoms with E-state index < -0.39 is 0 Å². The molecule has 0 aliphatic rings. The number of hydrogen-bond donors (Lipinski definition) is 0. The highest BCUT2D eigenvalue weighted by Crippen LogP contribution is 2.28. The molecule has 0 heterocycles. The van der Waals surface area contributed by atoms with E-state index in [1.807, 2.05) is 24.3 Å². The molecule has 0 amide bonds. The van der Waals surface area contributed by atoms with Crippen molar-refractivity contribution in [1.29, 1.82) is 0 Å². The summed E-state index contributed by atoms with van der Waals surface area (Å²) in [5.41, 5.74) is 8.41. The average molecular weight is 367 g/mol. The predicted molar refractivity (Wildman–Crippen MR) is 120 cm³/mol. The van der Waals surface area contributed by atoms with Crippen molar-refractivity contribution in [2.75, 3.05) is 0 Å². The van der Waals surface area contributed by atoms with Crippen molar-refractivity contribution in [3.8, 4) is 11.1 Å². The molecule has 0 radical (unpaired) electrons. The van der Waals surface area contributed by atoms with Crippen LogP contribution in [0.25, 0.3) is 22.3 Å². The topological polar surface area (TPSA) is 17.1 Å². The highest BCUT2D eigenvalue weighted by Gasteiger charge is 2.12. The highest BCUT2D eigenvalue weighted by molar-refractivity contribution is 6.21. The van der Waals surface area contributed by atoms with Gasteiger partial charge in [-0.25, -0.2) is 0 Å². The van der Waals surface area contributed by atoms with Crippen molar-refractivity contribution >= 4 is 16.9 Å². The molecule has 0 unspecified atom stereocenters. The largest absolute Gasteiger partial charge is 0.294 e. The fourth-order valence-electron chi connectivity index (χ4n) is 3.48. The number of hydrogen-bond acceptors (Lipinski definition) is 1. The summed E-state index contributed by atoms with van der Waals surface area (Å²) in [6, 6.07) is 24.8. The maximum atomic E-state index is 12.3. The minimum Gasteiger partial charge on any atom is -0.294 e. The van der Waals surface area contributed by atoms with Crippen molar-refractivity contribution in [2.45, 2.75) is 27.2 Å². The molecule has 0 saturated carbocycles. The molecule has 0 N–H and O–H groups in total. The number of benzene rings is 3. The Morgan fingerprint density at radius 2 is 1.57 bits per heavy atom. The van der Waals surface area contributed by atoms with Gasteiger partial charge in [0.05, 0.1) is 0 Å². The molecule has 3 aromatic carbocycles. The number of carbonyl (C=O) groups is 1. The summed E-state index contributed by atoms with van der Waals surface area (Å²) >= 11 is 0. The second-order valence-electron chi connectivity index (χ2n) is 7.04. The van der Waals surface area contributed by atoms with Gasteiger partial charge >= 0.3 is 0 Å². The summed E-state index contributed by atoms with van der Waals surface area (Å²) in [6.07, 6.45) is 2.80. The van der Waals surface area contributed by atoms with Gasteiger partial charge in [0, 0.05) is 5.57 Å². The minimum absolute atomic E-state index is 0.0542. The van der Waals surface area contributed by atoms with Crippen LogP contribution in [0.4, 0.5) is 0 Å². The molecule has 0 atom stereocenters. The van der Waals surface area contributed by atoms with Gasteiger partial charge in [0.15, 0.2) is 5.78 Å². The molecular weight excluding hydrogens is 340 g/mol. The predicted octanol–water partition coefficient (Wildman–Crippen LogP) is 6.91. The van der Waals surface area contributed by atoms with Gasteiger partial charge < -0.3 is 0 Å². The van der Waals surface area contributed by atoms with E-state index in [1.54, 1.807) is 6.92 Å². The highest BCUT2D eigenvalue weighted by atomic mass is 16.1. The molecule has 0 bridgehead atoms. The average Bonchev–Trinajstić information content (AvgIpc) is 2.72. The number of ketones is 1. The van der Waals surface area contributed by atoms with E-state index >= 15 is 0 Å². The molecule has 1 heteroatoms. The summed E-state index contributed by atoms with van der Waals surface area (Å²) in [7, 11) is 0. The van der Waals surface area contributed by atoms with E-state index in [2.05, 4.69) is 75.0 Å². The summed E-state index contributed by atoms with van der Waals surface area (Å²) in [5, 5.41) is 0. The first-order valence-electron chi connectivity index (χ1n) is 9.67. The first-order chi connectivity index (χ1) is 13.5. The minimum atomic E-state index is 0.0542. The van der Waals surface area contributed by atoms with Crippen molar-refractivity contribution in [3.63, 3.8) is 0 Å². The Hall–Kier alpha value is -3.19. The lowest BCUT2D eigenvalue weighted by Gasteiger charge is -2.11. The Bertz CT molecular complexity index is 1040.